The molecule has 32 heavy (non-hydrogen) atoms. The van der Waals surface area contributed by atoms with Crippen molar-refractivity contribution in [3.8, 4) is 0 Å². The molecule has 0 bridgehead atoms. The molecule has 3 heterocycles. The number of piperidine rings is 1. The fraction of sp³-hybridized carbons (Fsp3) is 0.444. The third kappa shape index (κ3) is 6.72. The van der Waals surface area contributed by atoms with Crippen molar-refractivity contribution in [2.24, 2.45) is 5.92 Å². The largest absolute Gasteiger partial charge is 0.383 e. The van der Waals surface area contributed by atoms with E-state index in [1.54, 1.807) is 18.4 Å². The molecule has 170 valence electrons. The molecule has 1 unspecified atom stereocenters. The molecular weight excluding hydrogens is 414 g/mol. The zero-order chi connectivity index (χ0) is 22.0. The number of benzene rings is 1. The number of hydrogen-bond acceptors (Lipinski definition) is 5. The van der Waals surface area contributed by atoms with E-state index in [1.165, 1.54) is 37.1 Å². The normalized spacial score (nSPS) is 16.4. The molecule has 0 spiro atoms. The van der Waals surface area contributed by atoms with Crippen molar-refractivity contribution in [1.82, 2.24) is 14.8 Å². The summed E-state index contributed by atoms with van der Waals surface area (Å²) in [4.78, 5) is 9.87. The van der Waals surface area contributed by atoms with E-state index in [0.29, 0.717) is 12.0 Å². The molecule has 1 atom stereocenters. The lowest BCUT2D eigenvalue weighted by Gasteiger charge is -2.41. The van der Waals surface area contributed by atoms with Gasteiger partial charge in [-0.3, -0.25) is 14.8 Å². The van der Waals surface area contributed by atoms with E-state index >= 15 is 0 Å². The third-order valence-corrected chi connectivity index (χ3v) is 7.33. The van der Waals surface area contributed by atoms with Crippen LogP contribution in [0, 0.1) is 5.92 Å². The predicted octanol–water partition coefficient (Wildman–Crippen LogP) is 5.12. The summed E-state index contributed by atoms with van der Waals surface area (Å²) in [6.07, 6.45) is 5.46. The van der Waals surface area contributed by atoms with Crippen molar-refractivity contribution in [1.29, 1.82) is 0 Å². The van der Waals surface area contributed by atoms with Crippen LogP contribution in [-0.2, 0) is 24.2 Å². The molecule has 0 radical (unpaired) electrons. The van der Waals surface area contributed by atoms with Gasteiger partial charge in [-0.1, -0.05) is 36.4 Å². The minimum absolute atomic E-state index is 0.484. The molecule has 4 nitrogen and oxygen atoms in total. The van der Waals surface area contributed by atoms with Crippen LogP contribution in [0.25, 0.3) is 0 Å². The number of methoxy groups -OCH3 is 1. The lowest BCUT2D eigenvalue weighted by molar-refractivity contribution is 0.0564. The second-order valence-corrected chi connectivity index (χ2v) is 9.57. The van der Waals surface area contributed by atoms with Crippen LogP contribution in [0.4, 0.5) is 0 Å². The minimum Gasteiger partial charge on any atom is -0.383 e. The standard InChI is InChI=1S/C27H35N3OS/c1-31-17-16-30(21-26-9-5-6-13-28-26)27(19-23-7-3-2-4-8-23)25-10-14-29(15-11-25)20-24-12-18-32-22-24/h2-9,12-13,18,22,25,27H,10-11,14-17,19-21H2,1H3. The average Bonchev–Trinajstić information content (AvgIpc) is 3.35. The van der Waals surface area contributed by atoms with E-state index in [9.17, 15) is 0 Å². The lowest BCUT2D eigenvalue weighted by atomic mass is 9.84. The predicted molar refractivity (Wildman–Crippen MR) is 133 cm³/mol. The molecule has 0 aliphatic carbocycles. The molecule has 0 saturated carbocycles. The molecule has 1 aliphatic rings. The summed E-state index contributed by atoms with van der Waals surface area (Å²) in [5.41, 5.74) is 4.00. The number of pyridine rings is 1. The molecule has 0 N–H and O–H groups in total. The van der Waals surface area contributed by atoms with E-state index in [4.69, 9.17) is 4.74 Å². The van der Waals surface area contributed by atoms with Crippen molar-refractivity contribution in [3.05, 3.63) is 88.4 Å². The Kier molecular flexibility index (Phi) is 8.86. The van der Waals surface area contributed by atoms with Crippen molar-refractivity contribution in [3.63, 3.8) is 0 Å². The highest BCUT2D eigenvalue weighted by atomic mass is 32.1. The van der Waals surface area contributed by atoms with Crippen LogP contribution in [0.1, 0.15) is 29.7 Å². The number of aromatic nitrogens is 1. The van der Waals surface area contributed by atoms with Crippen molar-refractivity contribution < 1.29 is 4.74 Å². The molecule has 1 fully saturated rings. The SMILES string of the molecule is COCCN(Cc1ccccn1)C(Cc1ccccc1)C1CCN(Cc2ccsc2)CC1. The van der Waals surface area contributed by atoms with Gasteiger partial charge in [-0.15, -0.1) is 0 Å². The Hall–Kier alpha value is -2.05. The molecule has 3 aromatic rings. The van der Waals surface area contributed by atoms with Gasteiger partial charge in [0.1, 0.15) is 0 Å². The fourth-order valence-electron chi connectivity index (χ4n) is 4.86. The average molecular weight is 450 g/mol. The number of thiophene rings is 1. The molecule has 2 aromatic heterocycles. The Morgan fingerprint density at radius 2 is 1.88 bits per heavy atom. The van der Waals surface area contributed by atoms with E-state index in [0.717, 1.165) is 38.4 Å². The first-order valence-corrected chi connectivity index (χ1v) is 12.7. The van der Waals surface area contributed by atoms with Gasteiger partial charge in [-0.25, -0.2) is 0 Å². The Morgan fingerprint density at radius 3 is 2.56 bits per heavy atom. The Labute approximate surface area is 196 Å². The second kappa shape index (κ2) is 12.3. The first kappa shape index (κ1) is 23.1. The van der Waals surface area contributed by atoms with Gasteiger partial charge in [0, 0.05) is 39.0 Å². The van der Waals surface area contributed by atoms with Gasteiger partial charge in [0.05, 0.1) is 12.3 Å². The van der Waals surface area contributed by atoms with Gasteiger partial charge in [0.25, 0.3) is 0 Å². The molecule has 0 amide bonds. The topological polar surface area (TPSA) is 28.6 Å². The van der Waals surface area contributed by atoms with Crippen molar-refractivity contribution >= 4 is 11.3 Å². The maximum absolute atomic E-state index is 5.50. The summed E-state index contributed by atoms with van der Waals surface area (Å²) in [5, 5.41) is 4.47. The van der Waals surface area contributed by atoms with Gasteiger partial charge < -0.3 is 4.74 Å². The molecule has 1 aromatic carbocycles. The van der Waals surface area contributed by atoms with E-state index in [2.05, 4.69) is 74.1 Å². The van der Waals surface area contributed by atoms with Crippen LogP contribution in [0.5, 0.6) is 0 Å². The Balaban J connectivity index is 1.48. The monoisotopic (exact) mass is 449 g/mol. The maximum Gasteiger partial charge on any atom is 0.0589 e. The minimum atomic E-state index is 0.484. The quantitative estimate of drug-likeness (QED) is 0.406. The second-order valence-electron chi connectivity index (χ2n) is 8.79. The number of ether oxygens (including phenoxy) is 1. The molecule has 5 heteroatoms. The summed E-state index contributed by atoms with van der Waals surface area (Å²) >= 11 is 1.80. The summed E-state index contributed by atoms with van der Waals surface area (Å²) in [6, 6.07) is 19.9. The van der Waals surface area contributed by atoms with Crippen LogP contribution in [0.15, 0.2) is 71.6 Å². The molecule has 1 aliphatic heterocycles. The first-order valence-electron chi connectivity index (χ1n) is 11.7. The maximum atomic E-state index is 5.50. The van der Waals surface area contributed by atoms with Crippen LogP contribution in [-0.4, -0.2) is 54.2 Å². The number of likely N-dealkylation sites (tertiary alicyclic amines) is 1. The van der Waals surface area contributed by atoms with E-state index in [-0.39, 0.29) is 0 Å². The highest BCUT2D eigenvalue weighted by Crippen LogP contribution is 2.29. The molecular formula is C27H35N3OS. The van der Waals surface area contributed by atoms with Gasteiger partial charge in [-0.2, -0.15) is 11.3 Å². The number of hydrogen-bond donors (Lipinski definition) is 0. The fourth-order valence-corrected chi connectivity index (χ4v) is 5.52. The smallest absolute Gasteiger partial charge is 0.0589 e. The Bertz CT molecular complexity index is 880. The van der Waals surface area contributed by atoms with Crippen LogP contribution >= 0.6 is 11.3 Å². The molecule has 4 rings (SSSR count). The number of rotatable bonds is 11. The van der Waals surface area contributed by atoms with Crippen LogP contribution in [0.2, 0.25) is 0 Å². The number of nitrogens with zero attached hydrogens (tertiary/aromatic N) is 3. The third-order valence-electron chi connectivity index (χ3n) is 6.59. The van der Waals surface area contributed by atoms with E-state index < -0.39 is 0 Å². The van der Waals surface area contributed by atoms with Gasteiger partial charge in [-0.05, 0) is 78.4 Å². The lowest BCUT2D eigenvalue weighted by Crippen LogP contribution is -2.47. The summed E-state index contributed by atoms with van der Waals surface area (Å²) < 4.78 is 5.50. The first-order chi connectivity index (χ1) is 15.8. The van der Waals surface area contributed by atoms with Gasteiger partial charge >= 0.3 is 0 Å². The van der Waals surface area contributed by atoms with Crippen molar-refractivity contribution in [2.75, 3.05) is 33.4 Å². The van der Waals surface area contributed by atoms with Crippen molar-refractivity contribution in [2.45, 2.75) is 38.4 Å². The highest BCUT2D eigenvalue weighted by Gasteiger charge is 2.31. The summed E-state index contributed by atoms with van der Waals surface area (Å²) in [6.45, 7) is 5.98. The zero-order valence-corrected chi connectivity index (χ0v) is 19.9. The van der Waals surface area contributed by atoms with Gasteiger partial charge in [0.2, 0.25) is 0 Å². The zero-order valence-electron chi connectivity index (χ0n) is 19.1. The van der Waals surface area contributed by atoms with Crippen LogP contribution in [0.3, 0.4) is 0 Å². The molecule has 1 saturated heterocycles. The Morgan fingerprint density at radius 1 is 1.06 bits per heavy atom. The van der Waals surface area contributed by atoms with Gasteiger partial charge in [0.15, 0.2) is 0 Å². The summed E-state index contributed by atoms with van der Waals surface area (Å²) in [5.74, 6) is 0.675. The highest BCUT2D eigenvalue weighted by molar-refractivity contribution is 7.07. The summed E-state index contributed by atoms with van der Waals surface area (Å²) in [7, 11) is 1.80. The van der Waals surface area contributed by atoms with E-state index in [1.807, 2.05) is 12.3 Å². The van der Waals surface area contributed by atoms with Crippen LogP contribution < -0.4 is 0 Å².